The summed E-state index contributed by atoms with van der Waals surface area (Å²) >= 11 is 3.21. The normalized spacial score (nSPS) is 10.3. The van der Waals surface area contributed by atoms with Crippen molar-refractivity contribution in [1.29, 1.82) is 0 Å². The molecule has 1 N–H and O–H groups in total. The summed E-state index contributed by atoms with van der Waals surface area (Å²) in [5.74, 6) is -1.07. The quantitative estimate of drug-likeness (QED) is 0.660. The zero-order valence-corrected chi connectivity index (χ0v) is 12.0. The number of hydrogen-bond acceptors (Lipinski definition) is 5. The Kier molecular flexibility index (Phi) is 4.13. The van der Waals surface area contributed by atoms with Crippen molar-refractivity contribution in [1.82, 2.24) is 9.55 Å². The molecule has 0 aliphatic heterocycles. The van der Waals surface area contributed by atoms with E-state index < -0.39 is 16.6 Å². The summed E-state index contributed by atoms with van der Waals surface area (Å²) in [6.07, 6.45) is 1.98. The number of carboxylic acid groups (broad SMARTS) is 1. The van der Waals surface area contributed by atoms with Crippen LogP contribution in [0.1, 0.15) is 15.9 Å². The zero-order chi connectivity index (χ0) is 15.6. The van der Waals surface area contributed by atoms with Gasteiger partial charge < -0.3 is 5.11 Å². The molecular weight excluding hydrogens is 346 g/mol. The van der Waals surface area contributed by atoms with Crippen LogP contribution in [0.15, 0.2) is 39.9 Å². The van der Waals surface area contributed by atoms with Gasteiger partial charge in [-0.15, -0.1) is 0 Å². The number of carboxylic acids is 1. The second kappa shape index (κ2) is 5.83. The lowest BCUT2D eigenvalue weighted by molar-refractivity contribution is -0.385. The molecule has 21 heavy (non-hydrogen) atoms. The molecule has 0 aliphatic carbocycles. The molecule has 0 spiro atoms. The number of aromatic nitrogens is 2. The van der Waals surface area contributed by atoms with Gasteiger partial charge in [0.05, 0.1) is 23.2 Å². The number of hydrogen-bond donors (Lipinski definition) is 1. The van der Waals surface area contributed by atoms with Gasteiger partial charge in [0.2, 0.25) is 0 Å². The minimum atomic E-state index is -1.07. The lowest BCUT2D eigenvalue weighted by atomic mass is 10.1. The van der Waals surface area contributed by atoms with Crippen LogP contribution in [0.3, 0.4) is 0 Å². The molecule has 0 radical (unpaired) electrons. The summed E-state index contributed by atoms with van der Waals surface area (Å²) < 4.78 is 1.57. The van der Waals surface area contributed by atoms with Crippen LogP contribution in [0.5, 0.6) is 0 Å². The Morgan fingerprint density at radius 1 is 1.48 bits per heavy atom. The molecule has 0 bridgehead atoms. The molecule has 1 aromatic heterocycles. The largest absolute Gasteiger partial charge is 0.478 e. The van der Waals surface area contributed by atoms with Crippen molar-refractivity contribution in [3.63, 3.8) is 0 Å². The lowest BCUT2D eigenvalue weighted by Crippen LogP contribution is -2.23. The minimum Gasteiger partial charge on any atom is -0.478 e. The predicted molar refractivity (Wildman–Crippen MR) is 75.4 cm³/mol. The number of carbonyl (C=O) groups is 1. The maximum atomic E-state index is 11.6. The Morgan fingerprint density at radius 3 is 2.76 bits per heavy atom. The highest BCUT2D eigenvalue weighted by atomic mass is 79.9. The van der Waals surface area contributed by atoms with Crippen LogP contribution in [0.2, 0.25) is 0 Å². The van der Waals surface area contributed by atoms with Crippen molar-refractivity contribution in [3.05, 3.63) is 66.8 Å². The summed E-state index contributed by atoms with van der Waals surface area (Å²) in [4.78, 5) is 35.9. The molecule has 1 heterocycles. The Hall–Kier alpha value is -2.55. The number of benzene rings is 1. The summed E-state index contributed by atoms with van der Waals surface area (Å²) in [5.41, 5.74) is -0.234. The fourth-order valence-electron chi connectivity index (χ4n) is 1.64. The van der Waals surface area contributed by atoms with Crippen molar-refractivity contribution in [2.24, 2.45) is 0 Å². The number of nitrogens with zero attached hydrogens (tertiary/aromatic N) is 3. The van der Waals surface area contributed by atoms with E-state index in [1.165, 1.54) is 18.2 Å². The molecule has 2 rings (SSSR count). The van der Waals surface area contributed by atoms with Crippen molar-refractivity contribution in [2.45, 2.75) is 6.54 Å². The third-order valence-corrected chi connectivity index (χ3v) is 3.43. The summed E-state index contributed by atoms with van der Waals surface area (Å²) in [7, 11) is 0. The van der Waals surface area contributed by atoms with Gasteiger partial charge in [-0.2, -0.15) is 4.98 Å². The minimum absolute atomic E-state index is 0.0357. The van der Waals surface area contributed by atoms with Gasteiger partial charge in [-0.05, 0) is 17.7 Å². The van der Waals surface area contributed by atoms with Crippen molar-refractivity contribution in [2.75, 3.05) is 0 Å². The fraction of sp³-hybridized carbons (Fsp3) is 0.0833. The van der Waals surface area contributed by atoms with Crippen LogP contribution in [0.4, 0.5) is 5.69 Å². The Morgan fingerprint density at radius 2 is 2.19 bits per heavy atom. The Bertz CT molecular complexity index is 787. The average molecular weight is 354 g/mol. The standard InChI is InChI=1S/C12H8BrN3O5/c13-10-3-7(11(17)18)1-2-8(10)5-15-6-9(16(20)21)4-14-12(15)19/h1-4,6H,5H2,(H,17,18). The SMILES string of the molecule is O=C(O)c1ccc(Cn2cc([N+](=O)[O-])cnc2=O)c(Br)c1. The molecular formula is C12H8BrN3O5. The van der Waals surface area contributed by atoms with Gasteiger partial charge in [0.15, 0.2) is 0 Å². The summed E-state index contributed by atoms with van der Waals surface area (Å²) in [5, 5.41) is 19.5. The fourth-order valence-corrected chi connectivity index (χ4v) is 2.15. The monoisotopic (exact) mass is 353 g/mol. The van der Waals surface area contributed by atoms with Gasteiger partial charge in [-0.25, -0.2) is 9.59 Å². The molecule has 0 atom stereocenters. The van der Waals surface area contributed by atoms with Crippen LogP contribution in [-0.2, 0) is 6.54 Å². The van der Waals surface area contributed by atoms with Crippen molar-refractivity contribution >= 4 is 27.6 Å². The topological polar surface area (TPSA) is 115 Å². The highest BCUT2D eigenvalue weighted by Crippen LogP contribution is 2.20. The maximum Gasteiger partial charge on any atom is 0.348 e. The second-order valence-electron chi connectivity index (χ2n) is 4.09. The van der Waals surface area contributed by atoms with Crippen LogP contribution in [0, 0.1) is 10.1 Å². The summed E-state index contributed by atoms with van der Waals surface area (Å²) in [6, 6.07) is 4.31. The first-order chi connectivity index (χ1) is 9.88. The number of nitro groups is 1. The van der Waals surface area contributed by atoms with E-state index >= 15 is 0 Å². The third-order valence-electron chi connectivity index (χ3n) is 2.69. The first kappa shape index (κ1) is 14.9. The highest BCUT2D eigenvalue weighted by Gasteiger charge is 2.12. The molecule has 0 saturated heterocycles. The van der Waals surface area contributed by atoms with Crippen LogP contribution < -0.4 is 5.69 Å². The number of aromatic carboxylic acids is 1. The summed E-state index contributed by atoms with van der Waals surface area (Å²) in [6.45, 7) is 0.0357. The van der Waals surface area contributed by atoms with Gasteiger partial charge in [-0.1, -0.05) is 22.0 Å². The van der Waals surface area contributed by atoms with E-state index in [9.17, 15) is 19.7 Å². The van der Waals surface area contributed by atoms with Crippen LogP contribution >= 0.6 is 15.9 Å². The maximum absolute atomic E-state index is 11.6. The van der Waals surface area contributed by atoms with E-state index in [1.54, 1.807) is 0 Å². The van der Waals surface area contributed by atoms with Crippen LogP contribution in [-0.4, -0.2) is 25.6 Å². The van der Waals surface area contributed by atoms with E-state index in [1.807, 2.05) is 0 Å². The van der Waals surface area contributed by atoms with Gasteiger partial charge >= 0.3 is 17.3 Å². The average Bonchev–Trinajstić information content (AvgIpc) is 2.42. The van der Waals surface area contributed by atoms with E-state index in [2.05, 4.69) is 20.9 Å². The molecule has 1 aromatic carbocycles. The van der Waals surface area contributed by atoms with Gasteiger partial charge in [0.1, 0.15) is 6.20 Å². The zero-order valence-electron chi connectivity index (χ0n) is 10.4. The van der Waals surface area contributed by atoms with Gasteiger partial charge in [-0.3, -0.25) is 14.7 Å². The predicted octanol–water partition coefficient (Wildman–Crippen LogP) is 1.66. The molecule has 2 aromatic rings. The van der Waals surface area contributed by atoms with E-state index in [-0.39, 0.29) is 17.8 Å². The molecule has 9 heteroatoms. The van der Waals surface area contributed by atoms with Gasteiger partial charge in [0.25, 0.3) is 0 Å². The molecule has 0 amide bonds. The van der Waals surface area contributed by atoms with Crippen LogP contribution in [0.25, 0.3) is 0 Å². The smallest absolute Gasteiger partial charge is 0.348 e. The number of rotatable bonds is 4. The third kappa shape index (κ3) is 3.31. The van der Waals surface area contributed by atoms with E-state index in [0.717, 1.165) is 17.0 Å². The van der Waals surface area contributed by atoms with Crippen molar-refractivity contribution in [3.8, 4) is 0 Å². The second-order valence-corrected chi connectivity index (χ2v) is 4.95. The molecule has 108 valence electrons. The molecule has 0 aliphatic rings. The lowest BCUT2D eigenvalue weighted by Gasteiger charge is -2.07. The van der Waals surface area contributed by atoms with E-state index in [4.69, 9.17) is 5.11 Å². The van der Waals surface area contributed by atoms with Crippen molar-refractivity contribution < 1.29 is 14.8 Å². The Labute approximate surface area is 126 Å². The molecule has 0 fully saturated rings. The first-order valence-electron chi connectivity index (χ1n) is 5.61. The van der Waals surface area contributed by atoms with Gasteiger partial charge in [0, 0.05) is 4.47 Å². The molecule has 0 saturated carbocycles. The Balaban J connectivity index is 2.38. The molecule has 0 unspecified atom stereocenters. The first-order valence-corrected chi connectivity index (χ1v) is 6.40. The number of halogens is 1. The highest BCUT2D eigenvalue weighted by molar-refractivity contribution is 9.10. The van der Waals surface area contributed by atoms with E-state index in [0.29, 0.717) is 10.0 Å². The molecule has 8 nitrogen and oxygen atoms in total.